The molecule has 0 aliphatic heterocycles. The molecule has 0 fully saturated rings. The van der Waals surface area contributed by atoms with Crippen LogP contribution in [-0.4, -0.2) is 12.9 Å². The van der Waals surface area contributed by atoms with Crippen molar-refractivity contribution in [2.45, 2.75) is 60.3 Å². The van der Waals surface area contributed by atoms with E-state index in [-0.39, 0.29) is 11.3 Å². The third-order valence-corrected chi connectivity index (χ3v) is 5.74. The molecule has 0 heterocycles. The van der Waals surface area contributed by atoms with E-state index in [9.17, 15) is 4.79 Å². The maximum atomic E-state index is 13.2. The summed E-state index contributed by atoms with van der Waals surface area (Å²) in [6, 6.07) is 8.71. The summed E-state index contributed by atoms with van der Waals surface area (Å²) in [7, 11) is 1.75. The fourth-order valence-electron chi connectivity index (χ4n) is 4.38. The summed E-state index contributed by atoms with van der Waals surface area (Å²) in [5.41, 5.74) is 7.79. The van der Waals surface area contributed by atoms with Crippen molar-refractivity contribution in [1.29, 1.82) is 0 Å². The number of fused-ring (bicyclic) bond motifs is 1. The molecule has 2 heteroatoms. The highest BCUT2D eigenvalue weighted by molar-refractivity contribution is 6.05. The topological polar surface area (TPSA) is 26.3 Å². The van der Waals surface area contributed by atoms with Gasteiger partial charge in [-0.05, 0) is 48.8 Å². The van der Waals surface area contributed by atoms with Gasteiger partial charge in [0.1, 0.15) is 5.75 Å². The standard InChI is InChI=1S/C25H32O2/c1-14(2)18-12-19-20(23(18)26)13-21(25(5,6)7)24(27-8)22(19)17-10-15(3)9-16(4)11-17/h9-11,13-14,18H,12H2,1-8H3. The normalized spacial score (nSPS) is 16.8. The van der Waals surface area contributed by atoms with E-state index in [0.717, 1.165) is 40.0 Å². The van der Waals surface area contributed by atoms with Gasteiger partial charge >= 0.3 is 0 Å². The lowest BCUT2D eigenvalue weighted by Crippen LogP contribution is -2.17. The van der Waals surface area contributed by atoms with Crippen molar-refractivity contribution in [2.75, 3.05) is 7.11 Å². The van der Waals surface area contributed by atoms with Crippen molar-refractivity contribution in [3.8, 4) is 16.9 Å². The van der Waals surface area contributed by atoms with Crippen LogP contribution in [0.3, 0.4) is 0 Å². The summed E-state index contributed by atoms with van der Waals surface area (Å²) < 4.78 is 5.98. The van der Waals surface area contributed by atoms with Crippen LogP contribution in [0.4, 0.5) is 0 Å². The van der Waals surface area contributed by atoms with Gasteiger partial charge in [0.05, 0.1) is 7.11 Å². The third kappa shape index (κ3) is 3.42. The second-order valence-electron chi connectivity index (χ2n) is 9.40. The Labute approximate surface area is 164 Å². The number of ketones is 1. The number of carbonyl (C=O) groups is 1. The Balaban J connectivity index is 2.39. The van der Waals surface area contributed by atoms with Crippen molar-refractivity contribution in [3.63, 3.8) is 0 Å². The zero-order valence-corrected chi connectivity index (χ0v) is 18.0. The summed E-state index contributed by atoms with van der Waals surface area (Å²) in [4.78, 5) is 13.2. The number of Topliss-reactive ketones (excluding diaryl/α,β-unsaturated/α-hetero) is 1. The van der Waals surface area contributed by atoms with Crippen LogP contribution < -0.4 is 4.74 Å². The van der Waals surface area contributed by atoms with Gasteiger partial charge in [0.15, 0.2) is 5.78 Å². The Morgan fingerprint density at radius 2 is 1.63 bits per heavy atom. The van der Waals surface area contributed by atoms with Crippen molar-refractivity contribution >= 4 is 5.78 Å². The molecule has 3 rings (SSSR count). The van der Waals surface area contributed by atoms with Crippen LogP contribution in [0.15, 0.2) is 24.3 Å². The number of aryl methyl sites for hydroxylation is 2. The monoisotopic (exact) mass is 364 g/mol. The van der Waals surface area contributed by atoms with Gasteiger partial charge in [-0.25, -0.2) is 0 Å². The number of carbonyl (C=O) groups excluding carboxylic acids is 1. The predicted octanol–water partition coefficient (Wildman–Crippen LogP) is 6.29. The zero-order valence-electron chi connectivity index (χ0n) is 18.0. The first kappa shape index (κ1) is 19.7. The van der Waals surface area contributed by atoms with Gasteiger partial charge in [-0.15, -0.1) is 0 Å². The average molecular weight is 365 g/mol. The van der Waals surface area contributed by atoms with Crippen LogP contribution in [-0.2, 0) is 11.8 Å². The van der Waals surface area contributed by atoms with Crippen LogP contribution in [0.25, 0.3) is 11.1 Å². The lowest BCUT2D eigenvalue weighted by molar-refractivity contribution is 0.0906. The first-order valence-corrected chi connectivity index (χ1v) is 9.91. The molecule has 0 amide bonds. The smallest absolute Gasteiger partial charge is 0.166 e. The summed E-state index contributed by atoms with van der Waals surface area (Å²) in [6.45, 7) is 15.1. The summed E-state index contributed by atoms with van der Waals surface area (Å²) in [6.07, 6.45) is 0.801. The summed E-state index contributed by atoms with van der Waals surface area (Å²) in [5, 5.41) is 0. The van der Waals surface area contributed by atoms with Crippen LogP contribution in [0.2, 0.25) is 0 Å². The van der Waals surface area contributed by atoms with Crippen molar-refractivity contribution in [1.82, 2.24) is 0 Å². The fourth-order valence-corrected chi connectivity index (χ4v) is 4.38. The summed E-state index contributed by atoms with van der Waals surface area (Å²) >= 11 is 0. The Morgan fingerprint density at radius 1 is 1.04 bits per heavy atom. The Morgan fingerprint density at radius 3 is 2.11 bits per heavy atom. The molecule has 0 spiro atoms. The Bertz CT molecular complexity index is 877. The van der Waals surface area contributed by atoms with E-state index in [2.05, 4.69) is 72.7 Å². The van der Waals surface area contributed by atoms with Crippen LogP contribution in [0, 0.1) is 25.7 Å². The molecular weight excluding hydrogens is 332 g/mol. The number of benzene rings is 2. The van der Waals surface area contributed by atoms with Gasteiger partial charge in [-0.2, -0.15) is 0 Å². The van der Waals surface area contributed by atoms with Gasteiger partial charge in [0.25, 0.3) is 0 Å². The minimum Gasteiger partial charge on any atom is -0.496 e. The minimum atomic E-state index is -0.107. The number of ether oxygens (including phenoxy) is 1. The van der Waals surface area contributed by atoms with Crippen LogP contribution >= 0.6 is 0 Å². The molecule has 0 N–H and O–H groups in total. The molecule has 1 aliphatic rings. The van der Waals surface area contributed by atoms with E-state index in [1.54, 1.807) is 7.11 Å². The number of methoxy groups -OCH3 is 1. The van der Waals surface area contributed by atoms with Crippen LogP contribution in [0.5, 0.6) is 5.75 Å². The second-order valence-corrected chi connectivity index (χ2v) is 9.40. The highest BCUT2D eigenvalue weighted by atomic mass is 16.5. The van der Waals surface area contributed by atoms with E-state index in [0.29, 0.717) is 11.7 Å². The molecule has 2 aromatic rings. The SMILES string of the molecule is COc1c(C(C)(C)C)cc2c(c1-c1cc(C)cc(C)c1)CC(C(C)C)C2=O. The molecule has 1 unspecified atom stereocenters. The first-order chi connectivity index (χ1) is 12.5. The largest absolute Gasteiger partial charge is 0.496 e. The van der Waals surface area contributed by atoms with Gasteiger partial charge in [0, 0.05) is 22.6 Å². The molecule has 1 atom stereocenters. The molecule has 27 heavy (non-hydrogen) atoms. The molecule has 0 aromatic heterocycles. The molecule has 144 valence electrons. The molecule has 2 aromatic carbocycles. The highest BCUT2D eigenvalue weighted by Gasteiger charge is 2.38. The molecular formula is C25H32O2. The Kier molecular flexibility index (Phi) is 4.96. The first-order valence-electron chi connectivity index (χ1n) is 9.91. The number of hydrogen-bond acceptors (Lipinski definition) is 2. The van der Waals surface area contributed by atoms with E-state index >= 15 is 0 Å². The van der Waals surface area contributed by atoms with E-state index in [1.807, 2.05) is 0 Å². The van der Waals surface area contributed by atoms with Crippen molar-refractivity contribution < 1.29 is 9.53 Å². The number of rotatable bonds is 3. The van der Waals surface area contributed by atoms with E-state index in [4.69, 9.17) is 4.74 Å². The quantitative estimate of drug-likeness (QED) is 0.640. The predicted molar refractivity (Wildman–Crippen MR) is 113 cm³/mol. The highest BCUT2D eigenvalue weighted by Crippen LogP contribution is 2.47. The lowest BCUT2D eigenvalue weighted by Gasteiger charge is -2.26. The zero-order chi connectivity index (χ0) is 20.1. The van der Waals surface area contributed by atoms with E-state index < -0.39 is 0 Å². The van der Waals surface area contributed by atoms with Gasteiger partial charge in [-0.1, -0.05) is 63.9 Å². The summed E-state index contributed by atoms with van der Waals surface area (Å²) in [5.74, 6) is 1.60. The maximum Gasteiger partial charge on any atom is 0.166 e. The third-order valence-electron chi connectivity index (χ3n) is 5.74. The molecule has 1 aliphatic carbocycles. The minimum absolute atomic E-state index is 0.0598. The molecule has 0 saturated heterocycles. The lowest BCUT2D eigenvalue weighted by atomic mass is 9.81. The van der Waals surface area contributed by atoms with Crippen LogP contribution in [0.1, 0.15) is 67.2 Å². The van der Waals surface area contributed by atoms with Crippen molar-refractivity contribution in [2.24, 2.45) is 11.8 Å². The second kappa shape index (κ2) is 6.82. The van der Waals surface area contributed by atoms with Gasteiger partial charge < -0.3 is 4.74 Å². The van der Waals surface area contributed by atoms with Gasteiger partial charge in [-0.3, -0.25) is 4.79 Å². The molecule has 0 radical (unpaired) electrons. The van der Waals surface area contributed by atoms with E-state index in [1.165, 1.54) is 11.1 Å². The molecule has 0 saturated carbocycles. The maximum absolute atomic E-state index is 13.2. The van der Waals surface area contributed by atoms with Crippen molar-refractivity contribution in [3.05, 3.63) is 52.1 Å². The molecule has 2 nitrogen and oxygen atoms in total. The molecule has 0 bridgehead atoms. The Hall–Kier alpha value is -2.09. The number of hydrogen-bond donors (Lipinski definition) is 0. The van der Waals surface area contributed by atoms with Gasteiger partial charge in [0.2, 0.25) is 0 Å². The fraction of sp³-hybridized carbons (Fsp3) is 0.480. The average Bonchev–Trinajstić information content (AvgIpc) is 2.88.